The Morgan fingerprint density at radius 3 is 2.70 bits per heavy atom. The van der Waals surface area contributed by atoms with Gasteiger partial charge in [0.2, 0.25) is 0 Å². The molecular formula is C17H22N2O3S. The van der Waals surface area contributed by atoms with Crippen molar-refractivity contribution in [3.63, 3.8) is 0 Å². The third-order valence-corrected chi connectivity index (χ3v) is 3.98. The molecule has 2 rings (SSSR count). The SMILES string of the molecule is COCCOC(=O)C1=C(C)NC(=S)N[C@H]1c1cc(C)ccc1C. The molecule has 1 aromatic carbocycles. The summed E-state index contributed by atoms with van der Waals surface area (Å²) in [6.07, 6.45) is 0. The summed E-state index contributed by atoms with van der Waals surface area (Å²) in [5.41, 5.74) is 4.49. The fourth-order valence-corrected chi connectivity index (χ4v) is 2.83. The lowest BCUT2D eigenvalue weighted by Gasteiger charge is -2.31. The fraction of sp³-hybridized carbons (Fsp3) is 0.412. The number of aryl methyl sites for hydroxylation is 2. The number of rotatable bonds is 5. The van der Waals surface area contributed by atoms with Crippen molar-refractivity contribution in [2.75, 3.05) is 20.3 Å². The predicted molar refractivity (Wildman–Crippen MR) is 93.1 cm³/mol. The van der Waals surface area contributed by atoms with E-state index in [4.69, 9.17) is 21.7 Å². The van der Waals surface area contributed by atoms with Crippen LogP contribution in [0.25, 0.3) is 0 Å². The summed E-state index contributed by atoms with van der Waals surface area (Å²) in [4.78, 5) is 12.5. The van der Waals surface area contributed by atoms with Crippen molar-refractivity contribution in [3.05, 3.63) is 46.2 Å². The van der Waals surface area contributed by atoms with Gasteiger partial charge in [-0.2, -0.15) is 0 Å². The van der Waals surface area contributed by atoms with Crippen molar-refractivity contribution in [1.29, 1.82) is 0 Å². The average molecular weight is 334 g/mol. The second kappa shape index (κ2) is 7.57. The van der Waals surface area contributed by atoms with Crippen molar-refractivity contribution in [2.45, 2.75) is 26.8 Å². The number of hydrogen-bond acceptors (Lipinski definition) is 4. The lowest BCUT2D eigenvalue weighted by atomic mass is 9.91. The molecule has 0 unspecified atom stereocenters. The number of hydrogen-bond donors (Lipinski definition) is 2. The molecule has 0 fully saturated rings. The van der Waals surface area contributed by atoms with Gasteiger partial charge >= 0.3 is 5.97 Å². The van der Waals surface area contributed by atoms with Crippen LogP contribution in [0.1, 0.15) is 29.7 Å². The highest BCUT2D eigenvalue weighted by Gasteiger charge is 2.31. The van der Waals surface area contributed by atoms with E-state index >= 15 is 0 Å². The Kier molecular flexibility index (Phi) is 5.74. The quantitative estimate of drug-likeness (QED) is 0.489. The number of nitrogens with one attached hydrogen (secondary N) is 2. The Morgan fingerprint density at radius 1 is 1.26 bits per heavy atom. The van der Waals surface area contributed by atoms with Gasteiger partial charge in [0.25, 0.3) is 0 Å². The largest absolute Gasteiger partial charge is 0.460 e. The van der Waals surface area contributed by atoms with Gasteiger partial charge in [0.15, 0.2) is 5.11 Å². The fourth-order valence-electron chi connectivity index (χ4n) is 2.56. The third kappa shape index (κ3) is 4.09. The van der Waals surface area contributed by atoms with Crippen LogP contribution in [0.2, 0.25) is 0 Å². The predicted octanol–water partition coefficient (Wildman–Crippen LogP) is 2.29. The normalized spacial score (nSPS) is 17.6. The molecule has 0 spiro atoms. The molecule has 1 aliphatic rings. The van der Waals surface area contributed by atoms with Gasteiger partial charge in [0.1, 0.15) is 6.61 Å². The molecule has 0 saturated carbocycles. The van der Waals surface area contributed by atoms with Gasteiger partial charge in [0, 0.05) is 12.8 Å². The maximum absolute atomic E-state index is 12.5. The molecule has 1 atom stereocenters. The molecule has 0 amide bonds. The first-order valence-corrected chi connectivity index (χ1v) is 7.86. The van der Waals surface area contributed by atoms with Gasteiger partial charge in [-0.15, -0.1) is 0 Å². The number of carbonyl (C=O) groups is 1. The number of benzene rings is 1. The zero-order valence-corrected chi connectivity index (χ0v) is 14.7. The smallest absolute Gasteiger partial charge is 0.338 e. The van der Waals surface area contributed by atoms with E-state index in [-0.39, 0.29) is 18.6 Å². The van der Waals surface area contributed by atoms with E-state index in [1.54, 1.807) is 7.11 Å². The van der Waals surface area contributed by atoms with Crippen molar-refractivity contribution >= 4 is 23.3 Å². The molecule has 6 heteroatoms. The number of carbonyl (C=O) groups excluding carboxylic acids is 1. The lowest BCUT2D eigenvalue weighted by Crippen LogP contribution is -2.45. The Labute approximate surface area is 142 Å². The number of ether oxygens (including phenoxy) is 2. The zero-order valence-electron chi connectivity index (χ0n) is 13.9. The molecule has 0 aliphatic carbocycles. The number of allylic oxidation sites excluding steroid dienone is 1. The maximum Gasteiger partial charge on any atom is 0.338 e. The highest BCUT2D eigenvalue weighted by atomic mass is 32.1. The molecule has 2 N–H and O–H groups in total. The summed E-state index contributed by atoms with van der Waals surface area (Å²) in [5.74, 6) is -0.368. The molecule has 0 aromatic heterocycles. The van der Waals surface area contributed by atoms with Gasteiger partial charge < -0.3 is 20.1 Å². The topological polar surface area (TPSA) is 59.6 Å². The van der Waals surface area contributed by atoms with E-state index in [0.717, 1.165) is 16.7 Å². The summed E-state index contributed by atoms with van der Waals surface area (Å²) in [6, 6.07) is 5.83. The minimum atomic E-state index is -0.368. The van der Waals surface area contributed by atoms with E-state index in [2.05, 4.69) is 16.7 Å². The van der Waals surface area contributed by atoms with E-state index < -0.39 is 0 Å². The second-order valence-electron chi connectivity index (χ2n) is 5.56. The van der Waals surface area contributed by atoms with Crippen molar-refractivity contribution in [3.8, 4) is 0 Å². The van der Waals surface area contributed by atoms with Gasteiger partial charge in [-0.3, -0.25) is 0 Å². The molecule has 1 aromatic rings. The monoisotopic (exact) mass is 334 g/mol. The van der Waals surface area contributed by atoms with Crippen LogP contribution in [0.3, 0.4) is 0 Å². The van der Waals surface area contributed by atoms with Crippen molar-refractivity contribution in [2.24, 2.45) is 0 Å². The van der Waals surface area contributed by atoms with Crippen LogP contribution in [0.4, 0.5) is 0 Å². The minimum Gasteiger partial charge on any atom is -0.460 e. The zero-order chi connectivity index (χ0) is 17.0. The molecule has 23 heavy (non-hydrogen) atoms. The summed E-state index contributed by atoms with van der Waals surface area (Å²) < 4.78 is 10.2. The van der Waals surface area contributed by atoms with Crippen LogP contribution in [0.5, 0.6) is 0 Å². The van der Waals surface area contributed by atoms with Crippen LogP contribution in [-0.4, -0.2) is 31.4 Å². The van der Waals surface area contributed by atoms with Crippen molar-refractivity contribution < 1.29 is 14.3 Å². The van der Waals surface area contributed by atoms with Crippen LogP contribution >= 0.6 is 12.2 Å². The summed E-state index contributed by atoms with van der Waals surface area (Å²) in [5, 5.41) is 6.69. The summed E-state index contributed by atoms with van der Waals surface area (Å²) in [7, 11) is 1.57. The minimum absolute atomic E-state index is 0.218. The van der Waals surface area contributed by atoms with E-state index in [1.165, 1.54) is 0 Å². The molecule has 1 aliphatic heterocycles. The lowest BCUT2D eigenvalue weighted by molar-refractivity contribution is -0.140. The number of esters is 1. The first-order chi connectivity index (χ1) is 10.9. The molecule has 5 nitrogen and oxygen atoms in total. The Hall–Kier alpha value is -1.92. The number of methoxy groups -OCH3 is 1. The van der Waals surface area contributed by atoms with Crippen LogP contribution in [0.15, 0.2) is 29.5 Å². The summed E-state index contributed by atoms with van der Waals surface area (Å²) >= 11 is 5.25. The van der Waals surface area contributed by atoms with Crippen molar-refractivity contribution in [1.82, 2.24) is 10.6 Å². The standard InChI is InChI=1S/C17H22N2O3S/c1-10-5-6-11(2)13(9-10)15-14(12(3)18-17(23)19-15)16(20)22-8-7-21-4/h5-6,9,15H,7-8H2,1-4H3,(H2,18,19,23)/t15-/m0/s1. The molecule has 0 radical (unpaired) electrons. The van der Waals surface area contributed by atoms with Gasteiger partial charge in [-0.1, -0.05) is 23.8 Å². The van der Waals surface area contributed by atoms with Crippen LogP contribution < -0.4 is 10.6 Å². The Bertz CT molecular complexity index is 655. The molecule has 0 bridgehead atoms. The van der Waals surface area contributed by atoms with E-state index in [1.807, 2.05) is 32.9 Å². The van der Waals surface area contributed by atoms with Gasteiger partial charge in [0.05, 0.1) is 18.2 Å². The molecule has 124 valence electrons. The van der Waals surface area contributed by atoms with Crippen LogP contribution in [-0.2, 0) is 14.3 Å². The Morgan fingerprint density at radius 2 is 2.00 bits per heavy atom. The molecular weight excluding hydrogens is 312 g/mol. The van der Waals surface area contributed by atoms with Gasteiger partial charge in [-0.05, 0) is 44.1 Å². The first kappa shape index (κ1) is 17.4. The highest BCUT2D eigenvalue weighted by Crippen LogP contribution is 2.30. The average Bonchev–Trinajstić information content (AvgIpc) is 2.49. The van der Waals surface area contributed by atoms with E-state index in [9.17, 15) is 4.79 Å². The summed E-state index contributed by atoms with van der Waals surface area (Å²) in [6.45, 7) is 6.46. The van der Waals surface area contributed by atoms with E-state index in [0.29, 0.717) is 23.0 Å². The van der Waals surface area contributed by atoms with Crippen LogP contribution in [0, 0.1) is 13.8 Å². The highest BCUT2D eigenvalue weighted by molar-refractivity contribution is 7.80. The maximum atomic E-state index is 12.5. The second-order valence-corrected chi connectivity index (χ2v) is 5.97. The first-order valence-electron chi connectivity index (χ1n) is 7.45. The number of thiocarbonyl (C=S) groups is 1. The molecule has 1 heterocycles. The molecule has 0 saturated heterocycles. The third-order valence-electron chi connectivity index (χ3n) is 3.76. The van der Waals surface area contributed by atoms with Gasteiger partial charge in [-0.25, -0.2) is 4.79 Å². The Balaban J connectivity index is 2.38.